The molecule has 1 amide bonds. The summed E-state index contributed by atoms with van der Waals surface area (Å²) in [5, 5.41) is 3.13. The Labute approximate surface area is 127 Å². The van der Waals surface area contributed by atoms with Gasteiger partial charge >= 0.3 is 0 Å². The van der Waals surface area contributed by atoms with Crippen LogP contribution in [0.2, 0.25) is 0 Å². The van der Waals surface area contributed by atoms with Gasteiger partial charge in [-0.1, -0.05) is 67.6 Å². The second-order valence-corrected chi connectivity index (χ2v) is 5.28. The number of carbonyl (C=O) groups is 1. The monoisotopic (exact) mass is 281 g/mol. The third kappa shape index (κ3) is 5.07. The average Bonchev–Trinajstić information content (AvgIpc) is 2.54. The quantitative estimate of drug-likeness (QED) is 0.806. The second-order valence-electron chi connectivity index (χ2n) is 5.28. The number of nitrogens with one attached hydrogen (secondary N) is 1. The second kappa shape index (κ2) is 8.25. The van der Waals surface area contributed by atoms with Crippen molar-refractivity contribution in [3.8, 4) is 0 Å². The molecule has 21 heavy (non-hydrogen) atoms. The van der Waals surface area contributed by atoms with E-state index in [1.54, 1.807) is 0 Å². The van der Waals surface area contributed by atoms with E-state index in [1.807, 2.05) is 36.4 Å². The van der Waals surface area contributed by atoms with Crippen LogP contribution in [0.25, 0.3) is 0 Å². The Morgan fingerprint density at radius 3 is 2.24 bits per heavy atom. The van der Waals surface area contributed by atoms with Crippen LogP contribution in [-0.4, -0.2) is 5.91 Å². The third-order valence-corrected chi connectivity index (χ3v) is 3.66. The fraction of sp³-hybridized carbons (Fsp3) is 0.316. The number of rotatable bonds is 7. The van der Waals surface area contributed by atoms with Crippen molar-refractivity contribution in [3.05, 3.63) is 71.8 Å². The molecule has 2 rings (SSSR count). The van der Waals surface area contributed by atoms with Gasteiger partial charge < -0.3 is 5.32 Å². The van der Waals surface area contributed by atoms with Crippen molar-refractivity contribution in [1.29, 1.82) is 0 Å². The Bertz CT molecular complexity index is 536. The first-order chi connectivity index (χ1) is 10.3. The summed E-state index contributed by atoms with van der Waals surface area (Å²) in [6.07, 6.45) is 3.34. The fourth-order valence-corrected chi connectivity index (χ4v) is 2.47. The van der Waals surface area contributed by atoms with Crippen LogP contribution in [0.1, 0.15) is 43.4 Å². The van der Waals surface area contributed by atoms with E-state index in [-0.39, 0.29) is 11.9 Å². The molecule has 0 spiro atoms. The summed E-state index contributed by atoms with van der Waals surface area (Å²) in [6, 6.07) is 20.6. The van der Waals surface area contributed by atoms with Gasteiger partial charge in [0.25, 0.3) is 0 Å². The Hall–Kier alpha value is -2.09. The van der Waals surface area contributed by atoms with Crippen molar-refractivity contribution in [1.82, 2.24) is 5.32 Å². The van der Waals surface area contributed by atoms with Gasteiger partial charge in [0.05, 0.1) is 6.04 Å². The van der Waals surface area contributed by atoms with E-state index in [4.69, 9.17) is 0 Å². The van der Waals surface area contributed by atoms with Crippen LogP contribution in [0.4, 0.5) is 0 Å². The van der Waals surface area contributed by atoms with E-state index in [0.717, 1.165) is 19.3 Å². The van der Waals surface area contributed by atoms with Crippen molar-refractivity contribution in [2.75, 3.05) is 0 Å². The number of aryl methyl sites for hydroxylation is 1. The molecule has 0 saturated carbocycles. The molecule has 0 fully saturated rings. The van der Waals surface area contributed by atoms with E-state index < -0.39 is 0 Å². The van der Waals surface area contributed by atoms with Crippen molar-refractivity contribution >= 4 is 5.91 Å². The molecule has 2 aromatic carbocycles. The minimum absolute atomic E-state index is 0.121. The number of carbonyl (C=O) groups excluding carboxylic acids is 1. The Kier molecular flexibility index (Phi) is 6.01. The molecule has 0 saturated heterocycles. The summed E-state index contributed by atoms with van der Waals surface area (Å²) in [5.74, 6) is 0.140. The highest BCUT2D eigenvalue weighted by atomic mass is 16.1. The summed E-state index contributed by atoms with van der Waals surface area (Å²) in [5.41, 5.74) is 2.47. The predicted octanol–water partition coefficient (Wildman–Crippen LogP) is 4.28. The molecule has 0 radical (unpaired) electrons. The van der Waals surface area contributed by atoms with Crippen molar-refractivity contribution in [3.63, 3.8) is 0 Å². The lowest BCUT2D eigenvalue weighted by atomic mass is 10.0. The molecule has 2 heteroatoms. The average molecular weight is 281 g/mol. The SMILES string of the molecule is CC[C@H](NC(=O)CCCc1ccccc1)c1ccccc1. The number of benzene rings is 2. The maximum absolute atomic E-state index is 12.1. The number of amides is 1. The molecule has 1 N–H and O–H groups in total. The van der Waals surface area contributed by atoms with Crippen LogP contribution in [0.5, 0.6) is 0 Å². The minimum Gasteiger partial charge on any atom is -0.349 e. The molecular formula is C19H23NO. The van der Waals surface area contributed by atoms with Crippen LogP contribution in [0.15, 0.2) is 60.7 Å². The zero-order valence-corrected chi connectivity index (χ0v) is 12.6. The van der Waals surface area contributed by atoms with E-state index in [0.29, 0.717) is 6.42 Å². The molecule has 0 bridgehead atoms. The summed E-state index contributed by atoms with van der Waals surface area (Å²) in [6.45, 7) is 2.10. The Morgan fingerprint density at radius 2 is 1.62 bits per heavy atom. The number of hydrogen-bond donors (Lipinski definition) is 1. The molecule has 0 unspecified atom stereocenters. The molecule has 0 aromatic heterocycles. The summed E-state index contributed by atoms with van der Waals surface area (Å²) >= 11 is 0. The van der Waals surface area contributed by atoms with Crippen LogP contribution < -0.4 is 5.32 Å². The largest absolute Gasteiger partial charge is 0.349 e. The van der Waals surface area contributed by atoms with Gasteiger partial charge in [0, 0.05) is 6.42 Å². The molecular weight excluding hydrogens is 258 g/mol. The number of hydrogen-bond acceptors (Lipinski definition) is 1. The zero-order valence-electron chi connectivity index (χ0n) is 12.6. The van der Waals surface area contributed by atoms with Gasteiger partial charge in [-0.25, -0.2) is 0 Å². The van der Waals surface area contributed by atoms with Crippen LogP contribution >= 0.6 is 0 Å². The lowest BCUT2D eigenvalue weighted by Gasteiger charge is -2.17. The highest BCUT2D eigenvalue weighted by molar-refractivity contribution is 5.76. The molecule has 0 aliphatic carbocycles. The van der Waals surface area contributed by atoms with Crippen LogP contribution in [0, 0.1) is 0 Å². The Balaban J connectivity index is 1.78. The first-order valence-corrected chi connectivity index (χ1v) is 7.68. The third-order valence-electron chi connectivity index (χ3n) is 3.66. The predicted molar refractivity (Wildman–Crippen MR) is 87.0 cm³/mol. The maximum Gasteiger partial charge on any atom is 0.220 e. The van der Waals surface area contributed by atoms with Gasteiger partial charge in [-0.2, -0.15) is 0 Å². The molecule has 2 aromatic rings. The molecule has 0 heterocycles. The minimum atomic E-state index is 0.121. The van der Waals surface area contributed by atoms with E-state index in [9.17, 15) is 4.79 Å². The lowest BCUT2D eigenvalue weighted by Crippen LogP contribution is -2.27. The topological polar surface area (TPSA) is 29.1 Å². The standard InChI is InChI=1S/C19H23NO/c1-2-18(17-13-7-4-8-14-17)20-19(21)15-9-12-16-10-5-3-6-11-16/h3-8,10-11,13-14,18H,2,9,12,15H2,1H3,(H,20,21)/t18-/m0/s1. The molecule has 110 valence electrons. The van der Waals surface area contributed by atoms with Gasteiger partial charge in [0.2, 0.25) is 5.91 Å². The van der Waals surface area contributed by atoms with Gasteiger partial charge in [-0.15, -0.1) is 0 Å². The van der Waals surface area contributed by atoms with Gasteiger partial charge in [-0.3, -0.25) is 4.79 Å². The van der Waals surface area contributed by atoms with E-state index in [2.05, 4.69) is 36.5 Å². The lowest BCUT2D eigenvalue weighted by molar-refractivity contribution is -0.122. The van der Waals surface area contributed by atoms with Crippen molar-refractivity contribution in [2.24, 2.45) is 0 Å². The molecule has 2 nitrogen and oxygen atoms in total. The highest BCUT2D eigenvalue weighted by Crippen LogP contribution is 2.16. The smallest absolute Gasteiger partial charge is 0.220 e. The fourth-order valence-electron chi connectivity index (χ4n) is 2.47. The summed E-state index contributed by atoms with van der Waals surface area (Å²) in [4.78, 5) is 12.1. The van der Waals surface area contributed by atoms with E-state index in [1.165, 1.54) is 11.1 Å². The molecule has 0 aliphatic rings. The van der Waals surface area contributed by atoms with Crippen LogP contribution in [0.3, 0.4) is 0 Å². The van der Waals surface area contributed by atoms with E-state index >= 15 is 0 Å². The Morgan fingerprint density at radius 1 is 1.00 bits per heavy atom. The molecule has 0 aliphatic heterocycles. The van der Waals surface area contributed by atoms with Gasteiger partial charge in [0.15, 0.2) is 0 Å². The van der Waals surface area contributed by atoms with Crippen molar-refractivity contribution < 1.29 is 4.79 Å². The molecule has 1 atom stereocenters. The van der Waals surface area contributed by atoms with Crippen molar-refractivity contribution in [2.45, 2.75) is 38.6 Å². The first-order valence-electron chi connectivity index (χ1n) is 7.68. The van der Waals surface area contributed by atoms with Gasteiger partial charge in [-0.05, 0) is 30.4 Å². The van der Waals surface area contributed by atoms with Gasteiger partial charge in [0.1, 0.15) is 0 Å². The first kappa shape index (κ1) is 15.3. The maximum atomic E-state index is 12.1. The zero-order chi connectivity index (χ0) is 14.9. The van der Waals surface area contributed by atoms with Crippen LogP contribution in [-0.2, 0) is 11.2 Å². The normalized spacial score (nSPS) is 11.9. The highest BCUT2D eigenvalue weighted by Gasteiger charge is 2.11. The summed E-state index contributed by atoms with van der Waals surface area (Å²) in [7, 11) is 0. The summed E-state index contributed by atoms with van der Waals surface area (Å²) < 4.78 is 0.